The van der Waals surface area contributed by atoms with Gasteiger partial charge in [0, 0.05) is 23.5 Å². The topological polar surface area (TPSA) is 96.0 Å². The lowest BCUT2D eigenvalue weighted by atomic mass is 10.2. The lowest BCUT2D eigenvalue weighted by molar-refractivity contribution is -0.259. The van der Waals surface area contributed by atoms with Crippen LogP contribution < -0.4 is 10.2 Å². The van der Waals surface area contributed by atoms with Crippen LogP contribution in [0.1, 0.15) is 20.7 Å². The molecule has 0 saturated carbocycles. The molecule has 0 amide bonds. The highest BCUT2D eigenvalue weighted by atomic mass is 16.4. The number of aromatic carboxylic acids is 2. The van der Waals surface area contributed by atoms with Gasteiger partial charge in [0.2, 0.25) is 0 Å². The second kappa shape index (κ2) is 2.45. The standard InChI is InChI=1S/C6H5NO4/c8-5(9)3-1-7-2-4(3)6(10)11/h1-2,7H,(H,8,9)(H,10,11)/p-2. The van der Waals surface area contributed by atoms with Crippen LogP contribution in [0, 0.1) is 0 Å². The maximum Gasteiger partial charge on any atom is 0.0737 e. The Morgan fingerprint density at radius 1 is 1.09 bits per heavy atom. The zero-order valence-corrected chi connectivity index (χ0v) is 5.29. The number of H-pyrrole nitrogens is 1. The molecule has 5 nitrogen and oxygen atoms in total. The third-order valence-electron chi connectivity index (χ3n) is 1.19. The first kappa shape index (κ1) is 7.33. The van der Waals surface area contributed by atoms with E-state index in [4.69, 9.17) is 0 Å². The Bertz CT molecular complexity index is 273. The van der Waals surface area contributed by atoms with Crippen molar-refractivity contribution in [1.82, 2.24) is 4.98 Å². The van der Waals surface area contributed by atoms with Crippen LogP contribution in [0.5, 0.6) is 0 Å². The molecule has 0 unspecified atom stereocenters. The van der Waals surface area contributed by atoms with Gasteiger partial charge in [0.15, 0.2) is 0 Å². The van der Waals surface area contributed by atoms with E-state index in [1.165, 1.54) is 0 Å². The maximum atomic E-state index is 10.2. The number of carboxylic acids is 2. The number of carboxylic acid groups (broad SMARTS) is 2. The zero-order valence-electron chi connectivity index (χ0n) is 5.29. The molecule has 0 aliphatic rings. The molecule has 0 saturated heterocycles. The van der Waals surface area contributed by atoms with Crippen molar-refractivity contribution in [3.05, 3.63) is 23.5 Å². The molecule has 0 atom stereocenters. The third kappa shape index (κ3) is 1.21. The van der Waals surface area contributed by atoms with Crippen LogP contribution in [0.2, 0.25) is 0 Å². The van der Waals surface area contributed by atoms with E-state index in [0.717, 1.165) is 12.4 Å². The molecule has 0 aliphatic heterocycles. The summed E-state index contributed by atoms with van der Waals surface area (Å²) >= 11 is 0. The van der Waals surface area contributed by atoms with Gasteiger partial charge in [-0.1, -0.05) is 0 Å². The summed E-state index contributed by atoms with van der Waals surface area (Å²) in [5.74, 6) is -3.07. The van der Waals surface area contributed by atoms with Gasteiger partial charge in [-0.3, -0.25) is 0 Å². The smallest absolute Gasteiger partial charge is 0.0737 e. The van der Waals surface area contributed by atoms with Crippen LogP contribution in [0.3, 0.4) is 0 Å². The minimum absolute atomic E-state index is 0.398. The van der Waals surface area contributed by atoms with Crippen LogP contribution in [-0.2, 0) is 0 Å². The number of hydrogen-bond donors (Lipinski definition) is 1. The largest absolute Gasteiger partial charge is 0.545 e. The van der Waals surface area contributed by atoms with Gasteiger partial charge in [0.05, 0.1) is 11.9 Å². The Balaban J connectivity index is 3.16. The van der Waals surface area contributed by atoms with E-state index in [9.17, 15) is 19.8 Å². The molecule has 0 spiro atoms. The van der Waals surface area contributed by atoms with E-state index in [1.54, 1.807) is 0 Å². The van der Waals surface area contributed by atoms with Crippen LogP contribution in [0.4, 0.5) is 0 Å². The lowest BCUT2D eigenvalue weighted by Gasteiger charge is -2.03. The van der Waals surface area contributed by atoms with E-state index < -0.39 is 23.1 Å². The average molecular weight is 153 g/mol. The highest BCUT2D eigenvalue weighted by Crippen LogP contribution is 2.04. The van der Waals surface area contributed by atoms with E-state index in [-0.39, 0.29) is 0 Å². The van der Waals surface area contributed by atoms with Crippen LogP contribution in [0.15, 0.2) is 12.4 Å². The monoisotopic (exact) mass is 153 g/mol. The van der Waals surface area contributed by atoms with Crippen molar-refractivity contribution in [3.63, 3.8) is 0 Å². The first-order valence-corrected chi connectivity index (χ1v) is 2.72. The molecular weight excluding hydrogens is 150 g/mol. The fraction of sp³-hybridized carbons (Fsp3) is 0. The Morgan fingerprint density at radius 2 is 1.45 bits per heavy atom. The lowest BCUT2D eigenvalue weighted by Crippen LogP contribution is -2.28. The SMILES string of the molecule is O=C([O-])c1c[nH]cc1C(=O)[O-]. The quantitative estimate of drug-likeness (QED) is 0.518. The summed E-state index contributed by atoms with van der Waals surface area (Å²) in [6, 6.07) is 0. The molecule has 1 aromatic heterocycles. The Morgan fingerprint density at radius 3 is 1.73 bits per heavy atom. The van der Waals surface area contributed by atoms with Crippen molar-refractivity contribution >= 4 is 11.9 Å². The molecule has 58 valence electrons. The molecule has 0 aliphatic carbocycles. The van der Waals surface area contributed by atoms with Crippen molar-refractivity contribution in [2.45, 2.75) is 0 Å². The number of aromatic nitrogens is 1. The summed E-state index contributed by atoms with van der Waals surface area (Å²) < 4.78 is 0. The van der Waals surface area contributed by atoms with Crippen molar-refractivity contribution in [3.8, 4) is 0 Å². The molecule has 0 radical (unpaired) electrons. The van der Waals surface area contributed by atoms with Gasteiger partial charge in [0.25, 0.3) is 0 Å². The molecule has 1 aromatic rings. The summed E-state index contributed by atoms with van der Waals surface area (Å²) in [5, 5.41) is 20.3. The van der Waals surface area contributed by atoms with E-state index in [2.05, 4.69) is 4.98 Å². The Hall–Kier alpha value is -1.78. The number of nitrogens with one attached hydrogen (secondary N) is 1. The Labute approximate surface area is 61.3 Å². The summed E-state index contributed by atoms with van der Waals surface area (Å²) in [6.45, 7) is 0. The molecule has 1 rings (SSSR count). The fourth-order valence-corrected chi connectivity index (χ4v) is 0.702. The summed E-state index contributed by atoms with van der Waals surface area (Å²) in [5.41, 5.74) is -0.796. The van der Waals surface area contributed by atoms with Gasteiger partial charge in [0.1, 0.15) is 0 Å². The molecule has 1 heterocycles. The number of rotatable bonds is 2. The number of hydrogen-bond acceptors (Lipinski definition) is 4. The maximum absolute atomic E-state index is 10.2. The second-order valence-electron chi connectivity index (χ2n) is 1.86. The zero-order chi connectivity index (χ0) is 8.43. The second-order valence-corrected chi connectivity index (χ2v) is 1.86. The summed E-state index contributed by atoms with van der Waals surface area (Å²) in [7, 11) is 0. The molecule has 0 bridgehead atoms. The van der Waals surface area contributed by atoms with Gasteiger partial charge in [-0.2, -0.15) is 0 Å². The van der Waals surface area contributed by atoms with Crippen LogP contribution >= 0.6 is 0 Å². The van der Waals surface area contributed by atoms with Crippen molar-refractivity contribution in [2.24, 2.45) is 0 Å². The van der Waals surface area contributed by atoms with Gasteiger partial charge in [-0.05, 0) is 0 Å². The highest BCUT2D eigenvalue weighted by molar-refractivity contribution is 5.99. The summed E-state index contributed by atoms with van der Waals surface area (Å²) in [6.07, 6.45) is 2.06. The highest BCUT2D eigenvalue weighted by Gasteiger charge is 2.03. The van der Waals surface area contributed by atoms with Crippen LogP contribution in [-0.4, -0.2) is 16.9 Å². The van der Waals surface area contributed by atoms with Gasteiger partial charge in [-0.15, -0.1) is 0 Å². The first-order valence-electron chi connectivity index (χ1n) is 2.72. The number of carbonyl (C=O) groups is 2. The minimum Gasteiger partial charge on any atom is -0.545 e. The molecule has 1 N–H and O–H groups in total. The number of aromatic amines is 1. The summed E-state index contributed by atoms with van der Waals surface area (Å²) in [4.78, 5) is 22.6. The van der Waals surface area contributed by atoms with E-state index in [1.807, 2.05) is 0 Å². The molecular formula is C6H3NO4-2. The molecule has 5 heteroatoms. The van der Waals surface area contributed by atoms with E-state index >= 15 is 0 Å². The van der Waals surface area contributed by atoms with Crippen LogP contribution in [0.25, 0.3) is 0 Å². The normalized spacial score (nSPS) is 9.45. The van der Waals surface area contributed by atoms with Crippen molar-refractivity contribution in [1.29, 1.82) is 0 Å². The minimum atomic E-state index is -1.54. The third-order valence-corrected chi connectivity index (χ3v) is 1.19. The van der Waals surface area contributed by atoms with Gasteiger partial charge >= 0.3 is 0 Å². The Kier molecular flexibility index (Phi) is 1.63. The van der Waals surface area contributed by atoms with Gasteiger partial charge in [-0.25, -0.2) is 0 Å². The predicted molar refractivity (Wildman–Crippen MR) is 29.5 cm³/mol. The molecule has 11 heavy (non-hydrogen) atoms. The van der Waals surface area contributed by atoms with Crippen molar-refractivity contribution < 1.29 is 19.8 Å². The average Bonchev–Trinajstić information content (AvgIpc) is 2.32. The van der Waals surface area contributed by atoms with Gasteiger partial charge < -0.3 is 24.8 Å². The number of carbonyl (C=O) groups excluding carboxylic acids is 2. The molecule has 0 aromatic carbocycles. The molecule has 0 fully saturated rings. The van der Waals surface area contributed by atoms with E-state index in [0.29, 0.717) is 0 Å². The predicted octanol–water partition coefficient (Wildman–Crippen LogP) is -2.26. The van der Waals surface area contributed by atoms with Crippen molar-refractivity contribution in [2.75, 3.05) is 0 Å². The fourth-order valence-electron chi connectivity index (χ4n) is 0.702. The first-order chi connectivity index (χ1) is 5.13.